The van der Waals surface area contributed by atoms with Crippen molar-refractivity contribution in [3.05, 3.63) is 18.2 Å². The lowest BCUT2D eigenvalue weighted by Crippen LogP contribution is -2.30. The average molecular weight is 326 g/mol. The Morgan fingerprint density at radius 3 is 2.74 bits per heavy atom. The van der Waals surface area contributed by atoms with E-state index in [4.69, 9.17) is 15.0 Å². The molecule has 23 heavy (non-hydrogen) atoms. The first-order valence-corrected chi connectivity index (χ1v) is 7.70. The van der Waals surface area contributed by atoms with Crippen molar-refractivity contribution in [1.82, 2.24) is 19.4 Å². The minimum absolute atomic E-state index is 0.171. The molecule has 0 saturated carbocycles. The molecule has 1 amide bonds. The van der Waals surface area contributed by atoms with E-state index in [2.05, 4.69) is 21.5 Å². The van der Waals surface area contributed by atoms with Crippen molar-refractivity contribution in [1.29, 1.82) is 0 Å². The second-order valence-corrected chi connectivity index (χ2v) is 5.69. The van der Waals surface area contributed by atoms with Crippen LogP contribution in [0.3, 0.4) is 0 Å². The third-order valence-electron chi connectivity index (χ3n) is 4.24. The molecule has 1 aromatic rings. The van der Waals surface area contributed by atoms with Crippen LogP contribution in [0.1, 0.15) is 37.9 Å². The molecule has 1 unspecified atom stereocenters. The molecule has 2 atom stereocenters. The van der Waals surface area contributed by atoms with Crippen molar-refractivity contribution >= 4 is 12.6 Å². The number of hydrogen-bond acceptors (Lipinski definition) is 4. The summed E-state index contributed by atoms with van der Waals surface area (Å²) >= 11 is 0. The standard InChI is InChI=1S/C14H24N4O2.CH2O2/c1-4-13(17(3)14(19)20)12-9-18(10-15-12)8-11-6-5-7-16(11)2;2-1-3/h9-11,13H,4-8H2,1-3H3,(H,19,20);1H,(H,2,3)/t11-,13?;/m0./s1. The molecule has 0 aliphatic carbocycles. The summed E-state index contributed by atoms with van der Waals surface area (Å²) < 4.78 is 2.08. The summed E-state index contributed by atoms with van der Waals surface area (Å²) in [6.45, 7) is 3.82. The third-order valence-corrected chi connectivity index (χ3v) is 4.24. The molecule has 130 valence electrons. The fraction of sp³-hybridized carbons (Fsp3) is 0.667. The summed E-state index contributed by atoms with van der Waals surface area (Å²) in [6.07, 6.45) is 6.09. The van der Waals surface area contributed by atoms with Gasteiger partial charge in [0.2, 0.25) is 0 Å². The van der Waals surface area contributed by atoms with Crippen molar-refractivity contribution < 1.29 is 19.8 Å². The summed E-state index contributed by atoms with van der Waals surface area (Å²) in [5.74, 6) is 0. The first kappa shape index (κ1) is 19.0. The van der Waals surface area contributed by atoms with E-state index in [9.17, 15) is 4.79 Å². The van der Waals surface area contributed by atoms with E-state index in [0.29, 0.717) is 6.04 Å². The second-order valence-electron chi connectivity index (χ2n) is 5.69. The zero-order chi connectivity index (χ0) is 17.4. The lowest BCUT2D eigenvalue weighted by Gasteiger charge is -2.23. The number of carboxylic acid groups (broad SMARTS) is 2. The van der Waals surface area contributed by atoms with Gasteiger partial charge in [0.25, 0.3) is 6.47 Å². The van der Waals surface area contributed by atoms with Crippen molar-refractivity contribution in [3.63, 3.8) is 0 Å². The van der Waals surface area contributed by atoms with Crippen LogP contribution in [0.2, 0.25) is 0 Å². The van der Waals surface area contributed by atoms with E-state index in [-0.39, 0.29) is 12.5 Å². The molecular weight excluding hydrogens is 300 g/mol. The zero-order valence-corrected chi connectivity index (χ0v) is 13.9. The van der Waals surface area contributed by atoms with Crippen molar-refractivity contribution in [2.75, 3.05) is 20.6 Å². The van der Waals surface area contributed by atoms with E-state index < -0.39 is 6.09 Å². The van der Waals surface area contributed by atoms with Crippen LogP contribution in [0.25, 0.3) is 0 Å². The molecule has 1 aliphatic rings. The Morgan fingerprint density at radius 1 is 1.61 bits per heavy atom. The number of aromatic nitrogens is 2. The van der Waals surface area contributed by atoms with Gasteiger partial charge in [-0.1, -0.05) is 6.92 Å². The number of likely N-dealkylation sites (N-methyl/N-ethyl adjacent to an activating group) is 1. The van der Waals surface area contributed by atoms with Gasteiger partial charge >= 0.3 is 6.09 Å². The van der Waals surface area contributed by atoms with Gasteiger partial charge in [0, 0.05) is 25.8 Å². The molecule has 0 spiro atoms. The van der Waals surface area contributed by atoms with Crippen LogP contribution >= 0.6 is 0 Å². The molecule has 8 nitrogen and oxygen atoms in total. The van der Waals surface area contributed by atoms with Crippen LogP contribution in [-0.4, -0.2) is 68.8 Å². The van der Waals surface area contributed by atoms with Gasteiger partial charge in [-0.05, 0) is 32.9 Å². The Labute approximate surface area is 136 Å². The van der Waals surface area contributed by atoms with Crippen LogP contribution in [0.15, 0.2) is 12.5 Å². The normalized spacial score (nSPS) is 18.8. The van der Waals surface area contributed by atoms with E-state index in [0.717, 1.165) is 25.2 Å². The largest absolute Gasteiger partial charge is 0.483 e. The van der Waals surface area contributed by atoms with E-state index >= 15 is 0 Å². The molecule has 1 saturated heterocycles. The fourth-order valence-corrected chi connectivity index (χ4v) is 2.92. The number of hydrogen-bond donors (Lipinski definition) is 2. The Morgan fingerprint density at radius 2 is 2.26 bits per heavy atom. The molecule has 0 bridgehead atoms. The molecule has 0 aromatic carbocycles. The predicted octanol–water partition coefficient (Wildman–Crippen LogP) is 1.74. The number of imidazole rings is 1. The van der Waals surface area contributed by atoms with Crippen LogP contribution in [-0.2, 0) is 11.3 Å². The third kappa shape index (κ3) is 5.24. The Hall–Kier alpha value is -2.09. The van der Waals surface area contributed by atoms with Gasteiger partial charge in [-0.3, -0.25) is 4.79 Å². The average Bonchev–Trinajstić information content (AvgIpc) is 3.11. The molecule has 0 radical (unpaired) electrons. The lowest BCUT2D eigenvalue weighted by atomic mass is 10.1. The first-order chi connectivity index (χ1) is 10.9. The first-order valence-electron chi connectivity index (χ1n) is 7.70. The number of likely N-dealkylation sites (tertiary alicyclic amines) is 1. The molecule has 1 aromatic heterocycles. The summed E-state index contributed by atoms with van der Waals surface area (Å²) in [5, 5.41) is 16.0. The summed E-state index contributed by atoms with van der Waals surface area (Å²) in [7, 11) is 3.75. The Kier molecular flexibility index (Phi) is 7.53. The highest BCUT2D eigenvalue weighted by molar-refractivity contribution is 5.65. The smallest absolute Gasteiger partial charge is 0.407 e. The topological polar surface area (TPSA) is 98.9 Å². The molecular formula is C15H26N4O4. The molecule has 2 heterocycles. The van der Waals surface area contributed by atoms with Crippen LogP contribution in [0, 0.1) is 0 Å². The van der Waals surface area contributed by atoms with Crippen LogP contribution in [0.5, 0.6) is 0 Å². The minimum atomic E-state index is -0.915. The van der Waals surface area contributed by atoms with E-state index in [1.807, 2.05) is 19.4 Å². The van der Waals surface area contributed by atoms with Crippen molar-refractivity contribution in [3.8, 4) is 0 Å². The van der Waals surface area contributed by atoms with Crippen LogP contribution in [0.4, 0.5) is 4.79 Å². The minimum Gasteiger partial charge on any atom is -0.483 e. The van der Waals surface area contributed by atoms with Gasteiger partial charge in [-0.2, -0.15) is 0 Å². The summed E-state index contributed by atoms with van der Waals surface area (Å²) in [6, 6.07) is 0.393. The highest BCUT2D eigenvalue weighted by Gasteiger charge is 2.24. The highest BCUT2D eigenvalue weighted by atomic mass is 16.4. The maximum atomic E-state index is 11.1. The fourth-order valence-electron chi connectivity index (χ4n) is 2.92. The second kappa shape index (κ2) is 9.14. The maximum Gasteiger partial charge on any atom is 0.407 e. The number of carbonyl (C=O) groups is 2. The summed E-state index contributed by atoms with van der Waals surface area (Å²) in [5.41, 5.74) is 0.832. The predicted molar refractivity (Wildman–Crippen MR) is 85.4 cm³/mol. The monoisotopic (exact) mass is 326 g/mol. The van der Waals surface area contributed by atoms with Gasteiger partial charge in [0.1, 0.15) is 0 Å². The lowest BCUT2D eigenvalue weighted by molar-refractivity contribution is -0.122. The molecule has 2 rings (SSSR count). The number of rotatable bonds is 5. The van der Waals surface area contributed by atoms with Gasteiger partial charge in [-0.15, -0.1) is 0 Å². The quantitative estimate of drug-likeness (QED) is 0.800. The molecule has 1 aliphatic heterocycles. The van der Waals surface area contributed by atoms with E-state index in [1.54, 1.807) is 7.05 Å². The van der Waals surface area contributed by atoms with Gasteiger partial charge < -0.3 is 24.6 Å². The zero-order valence-electron chi connectivity index (χ0n) is 13.9. The maximum absolute atomic E-state index is 11.1. The SMILES string of the molecule is CCC(c1cn(C[C@@H]2CCCN2C)cn1)N(C)C(=O)O.O=CO. The molecule has 8 heteroatoms. The number of amides is 1. The highest BCUT2D eigenvalue weighted by Crippen LogP contribution is 2.22. The molecule has 1 fully saturated rings. The van der Waals surface area contributed by atoms with Gasteiger partial charge in [0.15, 0.2) is 0 Å². The van der Waals surface area contributed by atoms with Gasteiger partial charge in [0.05, 0.1) is 18.1 Å². The Bertz CT molecular complexity index is 505. The van der Waals surface area contributed by atoms with Gasteiger partial charge in [-0.25, -0.2) is 9.78 Å². The van der Waals surface area contributed by atoms with Crippen LogP contribution < -0.4 is 0 Å². The molecule has 2 N–H and O–H groups in total. The van der Waals surface area contributed by atoms with Crippen molar-refractivity contribution in [2.24, 2.45) is 0 Å². The summed E-state index contributed by atoms with van der Waals surface area (Å²) in [4.78, 5) is 27.5. The van der Waals surface area contributed by atoms with E-state index in [1.165, 1.54) is 17.7 Å². The van der Waals surface area contributed by atoms with Crippen molar-refractivity contribution in [2.45, 2.75) is 44.8 Å². The Balaban J connectivity index is 0.000000816. The number of nitrogens with zero attached hydrogens (tertiary/aromatic N) is 4.